The number of nitrogens with zero attached hydrogens (tertiary/aromatic N) is 1. The van der Waals surface area contributed by atoms with Gasteiger partial charge in [-0.15, -0.1) is 0 Å². The van der Waals surface area contributed by atoms with Crippen LogP contribution in [0.15, 0.2) is 23.4 Å². The Bertz CT molecular complexity index is 531. The van der Waals surface area contributed by atoms with Crippen LogP contribution in [0.1, 0.15) is 31.2 Å². The molecule has 0 aliphatic heterocycles. The molecule has 112 valence electrons. The molecule has 1 aliphatic carbocycles. The van der Waals surface area contributed by atoms with Gasteiger partial charge in [-0.05, 0) is 37.1 Å². The Balaban J connectivity index is 2.06. The van der Waals surface area contributed by atoms with Gasteiger partial charge >= 0.3 is 0 Å². The lowest BCUT2D eigenvalue weighted by molar-refractivity contribution is 0.420. The minimum Gasteiger partial charge on any atom is -0.326 e. The van der Waals surface area contributed by atoms with Crippen LogP contribution < -0.4 is 10.5 Å². The van der Waals surface area contributed by atoms with Crippen LogP contribution in [0, 0.1) is 0 Å². The molecular weight excluding hydrogens is 294 g/mol. The summed E-state index contributed by atoms with van der Waals surface area (Å²) in [5, 5.41) is 0.616. The maximum atomic E-state index is 12.3. The van der Waals surface area contributed by atoms with E-state index in [0.29, 0.717) is 11.8 Å². The third kappa shape index (κ3) is 3.94. The lowest BCUT2D eigenvalue weighted by atomic mass is 9.96. The molecule has 1 aromatic rings. The third-order valence-corrected chi connectivity index (χ3v) is 6.12. The van der Waals surface area contributed by atoms with Gasteiger partial charge < -0.3 is 5.73 Å². The number of nitrogens with one attached hydrogen (secondary N) is 1. The Morgan fingerprint density at radius 1 is 1.45 bits per heavy atom. The number of pyridine rings is 1. The van der Waals surface area contributed by atoms with Gasteiger partial charge in [0.25, 0.3) is 10.0 Å². The molecule has 0 spiro atoms. The largest absolute Gasteiger partial charge is 0.326 e. The van der Waals surface area contributed by atoms with Gasteiger partial charge in [-0.3, -0.25) is 0 Å². The SMILES string of the molecule is CSC1CCCC(NS(=O)(=O)c2ccc(CN)cn2)C1. The zero-order valence-electron chi connectivity index (χ0n) is 11.6. The van der Waals surface area contributed by atoms with E-state index in [1.807, 2.05) is 11.8 Å². The summed E-state index contributed by atoms with van der Waals surface area (Å²) >= 11 is 1.81. The van der Waals surface area contributed by atoms with Crippen molar-refractivity contribution >= 4 is 21.8 Å². The van der Waals surface area contributed by atoms with Crippen molar-refractivity contribution in [1.29, 1.82) is 0 Å². The molecule has 0 radical (unpaired) electrons. The monoisotopic (exact) mass is 315 g/mol. The fourth-order valence-electron chi connectivity index (χ4n) is 2.44. The van der Waals surface area contributed by atoms with E-state index >= 15 is 0 Å². The summed E-state index contributed by atoms with van der Waals surface area (Å²) < 4.78 is 27.3. The van der Waals surface area contributed by atoms with E-state index < -0.39 is 10.0 Å². The zero-order valence-corrected chi connectivity index (χ0v) is 13.2. The first-order valence-electron chi connectivity index (χ1n) is 6.75. The number of nitrogens with two attached hydrogens (primary N) is 1. The summed E-state index contributed by atoms with van der Waals surface area (Å²) in [4.78, 5) is 3.99. The highest BCUT2D eigenvalue weighted by Gasteiger charge is 2.26. The van der Waals surface area contributed by atoms with E-state index in [-0.39, 0.29) is 11.1 Å². The average molecular weight is 315 g/mol. The van der Waals surface area contributed by atoms with Crippen LogP contribution in [0.3, 0.4) is 0 Å². The number of aromatic nitrogens is 1. The molecule has 5 nitrogen and oxygen atoms in total. The lowest BCUT2D eigenvalue weighted by Crippen LogP contribution is -2.39. The van der Waals surface area contributed by atoms with Gasteiger partial charge in [-0.1, -0.05) is 12.5 Å². The zero-order chi connectivity index (χ0) is 14.6. The van der Waals surface area contributed by atoms with E-state index in [4.69, 9.17) is 5.73 Å². The molecule has 1 fully saturated rings. The number of thioether (sulfide) groups is 1. The molecule has 2 unspecified atom stereocenters. The van der Waals surface area contributed by atoms with Crippen LogP contribution in [0.25, 0.3) is 0 Å². The topological polar surface area (TPSA) is 85.1 Å². The molecule has 1 heterocycles. The first-order valence-corrected chi connectivity index (χ1v) is 9.52. The molecule has 0 amide bonds. The first kappa shape index (κ1) is 15.8. The Hall–Kier alpha value is -0.630. The second-order valence-electron chi connectivity index (χ2n) is 5.05. The number of hydrogen-bond donors (Lipinski definition) is 2. The molecule has 1 aromatic heterocycles. The predicted molar refractivity (Wildman–Crippen MR) is 82.0 cm³/mol. The van der Waals surface area contributed by atoms with Crippen molar-refractivity contribution in [2.24, 2.45) is 5.73 Å². The highest BCUT2D eigenvalue weighted by molar-refractivity contribution is 7.99. The molecule has 0 saturated heterocycles. The quantitative estimate of drug-likeness (QED) is 0.860. The van der Waals surface area contributed by atoms with Gasteiger partial charge in [0.2, 0.25) is 0 Å². The Morgan fingerprint density at radius 3 is 2.85 bits per heavy atom. The smallest absolute Gasteiger partial charge is 0.258 e. The standard InChI is InChI=1S/C13H21N3O2S2/c1-19-12-4-2-3-11(7-12)16-20(17,18)13-6-5-10(8-14)9-15-13/h5-6,9,11-12,16H,2-4,7-8,14H2,1H3. The van der Waals surface area contributed by atoms with Gasteiger partial charge in [0, 0.05) is 24.0 Å². The molecule has 3 N–H and O–H groups in total. The summed E-state index contributed by atoms with van der Waals surface area (Å²) in [6, 6.07) is 3.23. The summed E-state index contributed by atoms with van der Waals surface area (Å²) in [5.41, 5.74) is 6.30. The Labute approximate surface area is 124 Å². The van der Waals surface area contributed by atoms with Crippen molar-refractivity contribution in [2.75, 3.05) is 6.26 Å². The van der Waals surface area contributed by atoms with Crippen LogP contribution in [-0.4, -0.2) is 30.9 Å². The third-order valence-electron chi connectivity index (χ3n) is 3.59. The number of sulfonamides is 1. The van der Waals surface area contributed by atoms with Crippen molar-refractivity contribution in [3.05, 3.63) is 23.9 Å². The predicted octanol–water partition coefficient (Wildman–Crippen LogP) is 1.49. The van der Waals surface area contributed by atoms with E-state index in [1.54, 1.807) is 6.07 Å². The molecule has 1 saturated carbocycles. The molecule has 2 atom stereocenters. The van der Waals surface area contributed by atoms with Crippen LogP contribution >= 0.6 is 11.8 Å². The van der Waals surface area contributed by atoms with Crippen molar-refractivity contribution in [2.45, 2.75) is 48.5 Å². The molecule has 1 aliphatic rings. The van der Waals surface area contributed by atoms with E-state index in [9.17, 15) is 8.42 Å². The molecule has 7 heteroatoms. The van der Waals surface area contributed by atoms with Gasteiger partial charge in [-0.25, -0.2) is 18.1 Å². The highest BCUT2D eigenvalue weighted by atomic mass is 32.2. The maximum absolute atomic E-state index is 12.3. The fourth-order valence-corrected chi connectivity index (χ4v) is 4.48. The fraction of sp³-hybridized carbons (Fsp3) is 0.615. The average Bonchev–Trinajstić information content (AvgIpc) is 2.47. The molecule has 20 heavy (non-hydrogen) atoms. The summed E-state index contributed by atoms with van der Waals surface area (Å²) in [5.74, 6) is 0. The lowest BCUT2D eigenvalue weighted by Gasteiger charge is -2.28. The van der Waals surface area contributed by atoms with Crippen LogP contribution in [-0.2, 0) is 16.6 Å². The van der Waals surface area contributed by atoms with Crippen LogP contribution in [0.4, 0.5) is 0 Å². The maximum Gasteiger partial charge on any atom is 0.258 e. The Morgan fingerprint density at radius 2 is 2.25 bits per heavy atom. The van der Waals surface area contributed by atoms with Crippen LogP contribution in [0.5, 0.6) is 0 Å². The minimum atomic E-state index is -3.53. The van der Waals surface area contributed by atoms with Gasteiger partial charge in [0.15, 0.2) is 5.03 Å². The first-order chi connectivity index (χ1) is 9.55. The molecule has 0 aromatic carbocycles. The molecule has 2 rings (SSSR count). The second-order valence-corrected chi connectivity index (χ2v) is 7.85. The Kier molecular flexibility index (Phi) is 5.42. The normalized spacial score (nSPS) is 23.7. The van der Waals surface area contributed by atoms with Crippen LogP contribution in [0.2, 0.25) is 0 Å². The van der Waals surface area contributed by atoms with E-state index in [1.165, 1.54) is 18.7 Å². The number of rotatable bonds is 5. The van der Waals surface area contributed by atoms with Crippen molar-refractivity contribution in [1.82, 2.24) is 9.71 Å². The van der Waals surface area contributed by atoms with E-state index in [0.717, 1.165) is 24.8 Å². The molecular formula is C13H21N3O2S2. The number of hydrogen-bond acceptors (Lipinski definition) is 5. The highest BCUT2D eigenvalue weighted by Crippen LogP contribution is 2.27. The molecule has 0 bridgehead atoms. The summed E-state index contributed by atoms with van der Waals surface area (Å²) in [7, 11) is -3.53. The second kappa shape index (κ2) is 6.89. The van der Waals surface area contributed by atoms with Crippen molar-refractivity contribution in [3.8, 4) is 0 Å². The van der Waals surface area contributed by atoms with Crippen molar-refractivity contribution in [3.63, 3.8) is 0 Å². The minimum absolute atomic E-state index is 0.0159. The van der Waals surface area contributed by atoms with Gasteiger partial charge in [0.05, 0.1) is 0 Å². The summed E-state index contributed by atoms with van der Waals surface area (Å²) in [6.45, 7) is 0.360. The van der Waals surface area contributed by atoms with E-state index in [2.05, 4.69) is 16.0 Å². The van der Waals surface area contributed by atoms with Gasteiger partial charge in [0.1, 0.15) is 0 Å². The summed E-state index contributed by atoms with van der Waals surface area (Å²) in [6.07, 6.45) is 7.62. The van der Waals surface area contributed by atoms with Crippen molar-refractivity contribution < 1.29 is 8.42 Å². The van der Waals surface area contributed by atoms with Gasteiger partial charge in [-0.2, -0.15) is 11.8 Å².